The van der Waals surface area contributed by atoms with Crippen LogP contribution < -0.4 is 5.32 Å². The van der Waals surface area contributed by atoms with Crippen LogP contribution in [0.5, 0.6) is 0 Å². The van der Waals surface area contributed by atoms with E-state index in [0.717, 1.165) is 22.8 Å². The Bertz CT molecular complexity index is 573. The van der Waals surface area contributed by atoms with E-state index >= 15 is 0 Å². The number of terminal acetylenes is 1. The lowest BCUT2D eigenvalue weighted by Crippen LogP contribution is -2.09. The number of nitrogens with one attached hydrogen (secondary N) is 2. The van der Waals surface area contributed by atoms with Crippen molar-refractivity contribution in [3.05, 3.63) is 36.3 Å². The summed E-state index contributed by atoms with van der Waals surface area (Å²) < 4.78 is 0. The minimum atomic E-state index is 0.480. The Labute approximate surface area is 106 Å². The summed E-state index contributed by atoms with van der Waals surface area (Å²) in [5.74, 6) is 3.38. The summed E-state index contributed by atoms with van der Waals surface area (Å²) >= 11 is 0. The van der Waals surface area contributed by atoms with E-state index in [2.05, 4.69) is 26.2 Å². The molecule has 0 unspecified atom stereocenters. The zero-order valence-corrected chi connectivity index (χ0v) is 10.1. The highest BCUT2D eigenvalue weighted by molar-refractivity contribution is 5.65. The minimum Gasteiger partial charge on any atom is -0.365 e. The molecule has 1 aromatic carbocycles. The van der Waals surface area contributed by atoms with Crippen LogP contribution in [-0.2, 0) is 0 Å². The van der Waals surface area contributed by atoms with Crippen LogP contribution in [0.15, 0.2) is 35.5 Å². The SMILES string of the molecule is C#CCN/C=N/c1ccc(-c2c[nH]c(C)n2)cc1. The van der Waals surface area contributed by atoms with Crippen LogP contribution in [0.25, 0.3) is 11.3 Å². The zero-order valence-electron chi connectivity index (χ0n) is 10.1. The van der Waals surface area contributed by atoms with Crippen molar-refractivity contribution in [2.45, 2.75) is 6.92 Å². The number of nitrogens with zero attached hydrogens (tertiary/aromatic N) is 2. The van der Waals surface area contributed by atoms with Crippen molar-refractivity contribution >= 4 is 12.0 Å². The highest BCUT2D eigenvalue weighted by atomic mass is 14.9. The van der Waals surface area contributed by atoms with Gasteiger partial charge < -0.3 is 10.3 Å². The van der Waals surface area contributed by atoms with Crippen molar-refractivity contribution in [2.24, 2.45) is 4.99 Å². The molecule has 4 nitrogen and oxygen atoms in total. The molecular formula is C14H14N4. The summed E-state index contributed by atoms with van der Waals surface area (Å²) in [6.07, 6.45) is 8.61. The van der Waals surface area contributed by atoms with Crippen LogP contribution in [-0.4, -0.2) is 22.9 Å². The van der Waals surface area contributed by atoms with Crippen molar-refractivity contribution in [2.75, 3.05) is 6.54 Å². The predicted octanol–water partition coefficient (Wildman–Crippen LogP) is 2.27. The Morgan fingerprint density at radius 1 is 1.44 bits per heavy atom. The first-order chi connectivity index (χ1) is 8.79. The molecule has 18 heavy (non-hydrogen) atoms. The lowest BCUT2D eigenvalue weighted by atomic mass is 10.1. The van der Waals surface area contributed by atoms with Crippen molar-refractivity contribution < 1.29 is 0 Å². The number of aromatic amines is 1. The van der Waals surface area contributed by atoms with E-state index < -0.39 is 0 Å². The number of imidazole rings is 1. The van der Waals surface area contributed by atoms with Gasteiger partial charge >= 0.3 is 0 Å². The van der Waals surface area contributed by atoms with Crippen molar-refractivity contribution in [1.82, 2.24) is 15.3 Å². The molecule has 0 spiro atoms. The van der Waals surface area contributed by atoms with Crippen LogP contribution in [0.2, 0.25) is 0 Å². The molecule has 2 N–H and O–H groups in total. The third kappa shape index (κ3) is 2.98. The van der Waals surface area contributed by atoms with Crippen LogP contribution in [0.4, 0.5) is 5.69 Å². The zero-order chi connectivity index (χ0) is 12.8. The monoisotopic (exact) mass is 238 g/mol. The fourth-order valence-electron chi connectivity index (χ4n) is 1.51. The summed E-state index contributed by atoms with van der Waals surface area (Å²) in [7, 11) is 0. The highest BCUT2D eigenvalue weighted by Crippen LogP contribution is 2.20. The molecule has 0 fully saturated rings. The summed E-state index contributed by atoms with van der Waals surface area (Å²) in [4.78, 5) is 11.7. The average molecular weight is 238 g/mol. The van der Waals surface area contributed by atoms with E-state index in [1.54, 1.807) is 6.34 Å². The van der Waals surface area contributed by atoms with Crippen molar-refractivity contribution in [3.63, 3.8) is 0 Å². The van der Waals surface area contributed by atoms with E-state index in [9.17, 15) is 0 Å². The average Bonchev–Trinajstić information content (AvgIpc) is 2.82. The van der Waals surface area contributed by atoms with E-state index in [4.69, 9.17) is 6.42 Å². The lowest BCUT2D eigenvalue weighted by Gasteiger charge is -1.98. The largest absolute Gasteiger partial charge is 0.365 e. The predicted molar refractivity (Wildman–Crippen MR) is 73.7 cm³/mol. The fraction of sp³-hybridized carbons (Fsp3) is 0.143. The Morgan fingerprint density at radius 2 is 2.22 bits per heavy atom. The molecule has 90 valence electrons. The molecule has 0 aliphatic carbocycles. The Hall–Kier alpha value is -2.54. The van der Waals surface area contributed by atoms with Gasteiger partial charge in [-0.25, -0.2) is 9.98 Å². The Balaban J connectivity index is 2.06. The lowest BCUT2D eigenvalue weighted by molar-refractivity contribution is 1.10. The van der Waals surface area contributed by atoms with Gasteiger partial charge in [0, 0.05) is 11.8 Å². The van der Waals surface area contributed by atoms with Gasteiger partial charge in [0.25, 0.3) is 0 Å². The molecule has 2 aromatic rings. The van der Waals surface area contributed by atoms with Crippen LogP contribution in [0.1, 0.15) is 5.82 Å². The van der Waals surface area contributed by atoms with Crippen molar-refractivity contribution in [1.29, 1.82) is 0 Å². The van der Waals surface area contributed by atoms with Gasteiger partial charge in [0.05, 0.1) is 24.3 Å². The van der Waals surface area contributed by atoms with Crippen LogP contribution >= 0.6 is 0 Å². The maximum Gasteiger partial charge on any atom is 0.103 e. The van der Waals surface area contributed by atoms with Gasteiger partial charge in [-0.05, 0) is 19.1 Å². The molecule has 1 heterocycles. The quantitative estimate of drug-likeness (QED) is 0.371. The molecule has 0 saturated carbocycles. The number of aliphatic imine (C=N–C) groups is 1. The molecule has 0 saturated heterocycles. The molecule has 0 amide bonds. The van der Waals surface area contributed by atoms with E-state index in [1.165, 1.54) is 0 Å². The smallest absolute Gasteiger partial charge is 0.103 e. The van der Waals surface area contributed by atoms with E-state index in [-0.39, 0.29) is 0 Å². The summed E-state index contributed by atoms with van der Waals surface area (Å²) in [5.41, 5.74) is 2.87. The third-order valence-electron chi connectivity index (χ3n) is 2.38. The van der Waals surface area contributed by atoms with E-state index in [0.29, 0.717) is 6.54 Å². The molecule has 1 aromatic heterocycles. The maximum atomic E-state index is 5.11. The first-order valence-electron chi connectivity index (χ1n) is 5.61. The normalized spacial score (nSPS) is 10.4. The number of aryl methyl sites for hydroxylation is 1. The molecule has 0 bridgehead atoms. The van der Waals surface area contributed by atoms with Gasteiger partial charge in [-0.3, -0.25) is 0 Å². The molecular weight excluding hydrogens is 224 g/mol. The summed E-state index contributed by atoms with van der Waals surface area (Å²) in [6, 6.07) is 7.85. The molecule has 0 atom stereocenters. The van der Waals surface area contributed by atoms with Crippen molar-refractivity contribution in [3.8, 4) is 23.6 Å². The molecule has 0 aliphatic heterocycles. The molecule has 0 radical (unpaired) electrons. The topological polar surface area (TPSA) is 53.1 Å². The fourth-order valence-corrected chi connectivity index (χ4v) is 1.51. The summed E-state index contributed by atoms with van der Waals surface area (Å²) in [6.45, 7) is 2.41. The molecule has 2 rings (SSSR count). The van der Waals surface area contributed by atoms with Gasteiger partial charge in [0.2, 0.25) is 0 Å². The molecule has 0 aliphatic rings. The minimum absolute atomic E-state index is 0.480. The number of hydrogen-bond donors (Lipinski definition) is 2. The number of hydrogen-bond acceptors (Lipinski definition) is 2. The number of benzene rings is 1. The Morgan fingerprint density at radius 3 is 2.83 bits per heavy atom. The van der Waals surface area contributed by atoms with Crippen LogP contribution in [0.3, 0.4) is 0 Å². The second-order valence-electron chi connectivity index (χ2n) is 3.76. The second kappa shape index (κ2) is 5.69. The first-order valence-corrected chi connectivity index (χ1v) is 5.61. The van der Waals surface area contributed by atoms with Gasteiger partial charge in [-0.15, -0.1) is 6.42 Å². The Kier molecular flexibility index (Phi) is 3.77. The number of aromatic nitrogens is 2. The first kappa shape index (κ1) is 11.9. The summed E-state index contributed by atoms with van der Waals surface area (Å²) in [5, 5.41) is 2.89. The van der Waals surface area contributed by atoms with E-state index in [1.807, 2.05) is 37.4 Å². The third-order valence-corrected chi connectivity index (χ3v) is 2.38. The molecule has 4 heteroatoms. The van der Waals surface area contributed by atoms with Gasteiger partial charge in [0.1, 0.15) is 5.82 Å². The standard InChI is InChI=1S/C14H14N4/c1-3-8-15-10-17-13-6-4-12(5-7-13)14-9-16-11(2)18-14/h1,4-7,9-10H,8H2,2H3,(H,15,17)(H,16,18). The van der Waals surface area contributed by atoms with Gasteiger partial charge in [-0.2, -0.15) is 0 Å². The number of H-pyrrole nitrogens is 1. The second-order valence-corrected chi connectivity index (χ2v) is 3.76. The number of rotatable bonds is 4. The highest BCUT2D eigenvalue weighted by Gasteiger charge is 2.00. The van der Waals surface area contributed by atoms with Crippen LogP contribution in [0, 0.1) is 19.3 Å². The maximum absolute atomic E-state index is 5.11. The van der Waals surface area contributed by atoms with Gasteiger partial charge in [0.15, 0.2) is 0 Å². The van der Waals surface area contributed by atoms with Gasteiger partial charge in [-0.1, -0.05) is 18.1 Å².